The molecular weight excluding hydrogens is 350 g/mol. The van der Waals surface area contributed by atoms with Gasteiger partial charge in [0.1, 0.15) is 5.75 Å². The van der Waals surface area contributed by atoms with Crippen molar-refractivity contribution in [3.8, 4) is 5.75 Å². The summed E-state index contributed by atoms with van der Waals surface area (Å²) in [7, 11) is -2.93. The summed E-state index contributed by atoms with van der Waals surface area (Å²) in [5.74, 6) is 0.822. The van der Waals surface area contributed by atoms with Gasteiger partial charge in [-0.05, 0) is 25.1 Å². The molecule has 24 heavy (non-hydrogen) atoms. The van der Waals surface area contributed by atoms with Crippen molar-refractivity contribution in [1.29, 1.82) is 0 Å². The summed E-state index contributed by atoms with van der Waals surface area (Å²) < 4.78 is 29.2. The van der Waals surface area contributed by atoms with Crippen LogP contribution in [-0.4, -0.2) is 62.0 Å². The van der Waals surface area contributed by atoms with Crippen LogP contribution in [0.25, 0.3) is 10.2 Å². The van der Waals surface area contributed by atoms with Gasteiger partial charge in [0.05, 0.1) is 34.9 Å². The lowest BCUT2D eigenvalue weighted by molar-refractivity contribution is -0.117. The second-order valence-electron chi connectivity index (χ2n) is 5.56. The average molecular weight is 369 g/mol. The van der Waals surface area contributed by atoms with Crippen molar-refractivity contribution in [2.24, 2.45) is 0 Å². The molecule has 9 heteroatoms. The highest BCUT2D eigenvalue weighted by Crippen LogP contribution is 2.29. The zero-order valence-electron chi connectivity index (χ0n) is 13.3. The van der Waals surface area contributed by atoms with Gasteiger partial charge in [0.15, 0.2) is 15.0 Å². The van der Waals surface area contributed by atoms with Crippen molar-refractivity contribution in [1.82, 2.24) is 9.88 Å². The maximum absolute atomic E-state index is 12.1. The Bertz CT molecular complexity index is 834. The van der Waals surface area contributed by atoms with E-state index in [1.807, 2.05) is 30.0 Å². The van der Waals surface area contributed by atoms with E-state index in [4.69, 9.17) is 4.74 Å². The Morgan fingerprint density at radius 2 is 2.12 bits per heavy atom. The molecule has 3 rings (SSSR count). The molecule has 0 saturated carbocycles. The van der Waals surface area contributed by atoms with Crippen LogP contribution in [0.3, 0.4) is 0 Å². The van der Waals surface area contributed by atoms with Crippen LogP contribution < -0.4 is 10.1 Å². The number of carbonyl (C=O) groups excluding carboxylic acids is 1. The van der Waals surface area contributed by atoms with Crippen molar-refractivity contribution in [3.05, 3.63) is 18.2 Å². The normalized spacial score (nSPS) is 17.7. The summed E-state index contributed by atoms with van der Waals surface area (Å²) in [6.07, 6.45) is 0. The average Bonchev–Trinajstić information content (AvgIpc) is 2.91. The van der Waals surface area contributed by atoms with E-state index < -0.39 is 9.84 Å². The third kappa shape index (κ3) is 4.22. The largest absolute Gasteiger partial charge is 0.494 e. The molecule has 1 aliphatic heterocycles. The SMILES string of the molecule is CCOc1ccc2nc(NC(=O)CN3CCS(=O)(=O)CC3)sc2c1. The number of ether oxygens (including phenoxy) is 1. The monoisotopic (exact) mass is 369 g/mol. The highest BCUT2D eigenvalue weighted by atomic mass is 32.2. The van der Waals surface area contributed by atoms with Crippen molar-refractivity contribution < 1.29 is 17.9 Å². The van der Waals surface area contributed by atoms with E-state index in [0.717, 1.165) is 16.0 Å². The Labute approximate surface area is 144 Å². The van der Waals surface area contributed by atoms with Crippen molar-refractivity contribution in [3.63, 3.8) is 0 Å². The molecule has 2 heterocycles. The maximum atomic E-state index is 12.1. The standard InChI is InChI=1S/C15H19N3O4S2/c1-2-22-11-3-4-12-13(9-11)23-15(16-12)17-14(19)10-18-5-7-24(20,21)8-6-18/h3-4,9H,2,5-8,10H2,1H3,(H,16,17,19). The molecule has 2 aromatic rings. The number of hydrogen-bond donors (Lipinski definition) is 1. The molecule has 1 aromatic heterocycles. The molecule has 0 unspecified atom stereocenters. The molecule has 0 spiro atoms. The van der Waals surface area contributed by atoms with Crippen molar-refractivity contribution >= 4 is 42.4 Å². The molecule has 0 radical (unpaired) electrons. The third-order valence-corrected chi connectivity index (χ3v) is 6.26. The van der Waals surface area contributed by atoms with Crippen LogP contribution >= 0.6 is 11.3 Å². The minimum absolute atomic E-state index is 0.113. The number of anilines is 1. The second-order valence-corrected chi connectivity index (χ2v) is 8.89. The first-order chi connectivity index (χ1) is 11.4. The Morgan fingerprint density at radius 3 is 2.83 bits per heavy atom. The summed E-state index contributed by atoms with van der Waals surface area (Å²) in [4.78, 5) is 18.4. The molecule has 1 aromatic carbocycles. The fourth-order valence-corrected chi connectivity index (χ4v) is 4.67. The van der Waals surface area contributed by atoms with Gasteiger partial charge in [0.25, 0.3) is 0 Å². The van der Waals surface area contributed by atoms with Crippen molar-refractivity contribution in [2.75, 3.05) is 43.1 Å². The van der Waals surface area contributed by atoms with E-state index in [1.165, 1.54) is 11.3 Å². The first-order valence-corrected chi connectivity index (χ1v) is 10.3. The fraction of sp³-hybridized carbons (Fsp3) is 0.467. The van der Waals surface area contributed by atoms with Crippen LogP contribution in [0, 0.1) is 0 Å². The molecule has 1 N–H and O–H groups in total. The number of carbonyl (C=O) groups is 1. The lowest BCUT2D eigenvalue weighted by Gasteiger charge is -2.25. The van der Waals surface area contributed by atoms with Gasteiger partial charge in [-0.1, -0.05) is 11.3 Å². The van der Waals surface area contributed by atoms with Crippen LogP contribution in [0.15, 0.2) is 18.2 Å². The minimum atomic E-state index is -2.93. The zero-order valence-corrected chi connectivity index (χ0v) is 15.0. The molecule has 1 aliphatic rings. The summed E-state index contributed by atoms with van der Waals surface area (Å²) in [6.45, 7) is 3.49. The number of rotatable bonds is 5. The van der Waals surface area contributed by atoms with Crippen LogP contribution in [0.2, 0.25) is 0 Å². The number of nitrogens with one attached hydrogen (secondary N) is 1. The summed E-state index contributed by atoms with van der Waals surface area (Å²) >= 11 is 1.39. The molecular formula is C15H19N3O4S2. The molecule has 1 amide bonds. The maximum Gasteiger partial charge on any atom is 0.240 e. The van der Waals surface area contributed by atoms with Gasteiger partial charge in [0.2, 0.25) is 5.91 Å². The van der Waals surface area contributed by atoms with Crippen LogP contribution in [-0.2, 0) is 14.6 Å². The van der Waals surface area contributed by atoms with Gasteiger partial charge < -0.3 is 10.1 Å². The van der Waals surface area contributed by atoms with E-state index in [-0.39, 0.29) is 24.0 Å². The number of fused-ring (bicyclic) bond motifs is 1. The number of aromatic nitrogens is 1. The Balaban J connectivity index is 1.61. The third-order valence-electron chi connectivity index (χ3n) is 3.72. The van der Waals surface area contributed by atoms with Crippen LogP contribution in [0.4, 0.5) is 5.13 Å². The number of benzene rings is 1. The van der Waals surface area contributed by atoms with E-state index in [2.05, 4.69) is 10.3 Å². The number of hydrogen-bond acceptors (Lipinski definition) is 7. The second kappa shape index (κ2) is 7.04. The molecule has 0 bridgehead atoms. The van der Waals surface area contributed by atoms with E-state index in [0.29, 0.717) is 24.8 Å². The molecule has 1 fully saturated rings. The number of nitrogens with zero attached hydrogens (tertiary/aromatic N) is 2. The van der Waals surface area contributed by atoms with Gasteiger partial charge in [-0.25, -0.2) is 13.4 Å². The van der Waals surface area contributed by atoms with Gasteiger partial charge in [-0.3, -0.25) is 9.69 Å². The van der Waals surface area contributed by atoms with Gasteiger partial charge in [-0.15, -0.1) is 0 Å². The van der Waals surface area contributed by atoms with Gasteiger partial charge in [-0.2, -0.15) is 0 Å². The van der Waals surface area contributed by atoms with Crippen LogP contribution in [0.1, 0.15) is 6.92 Å². The zero-order chi connectivity index (χ0) is 17.2. The van der Waals surface area contributed by atoms with Gasteiger partial charge in [0, 0.05) is 13.1 Å². The highest BCUT2D eigenvalue weighted by molar-refractivity contribution is 7.91. The lowest BCUT2D eigenvalue weighted by Crippen LogP contribution is -2.43. The first kappa shape index (κ1) is 17.1. The first-order valence-electron chi connectivity index (χ1n) is 7.71. The molecule has 0 aliphatic carbocycles. The summed E-state index contributed by atoms with van der Waals surface area (Å²) in [5.41, 5.74) is 0.808. The fourth-order valence-electron chi connectivity index (χ4n) is 2.49. The van der Waals surface area contributed by atoms with Crippen LogP contribution in [0.5, 0.6) is 5.75 Å². The summed E-state index contributed by atoms with van der Waals surface area (Å²) in [6, 6.07) is 5.62. The predicted octanol–water partition coefficient (Wildman–Crippen LogP) is 1.36. The predicted molar refractivity (Wildman–Crippen MR) is 94.5 cm³/mol. The Kier molecular flexibility index (Phi) is 5.02. The quantitative estimate of drug-likeness (QED) is 0.856. The molecule has 0 atom stereocenters. The minimum Gasteiger partial charge on any atom is -0.494 e. The molecule has 1 saturated heterocycles. The number of sulfone groups is 1. The van der Waals surface area contributed by atoms with E-state index in [1.54, 1.807) is 0 Å². The van der Waals surface area contributed by atoms with Crippen molar-refractivity contribution in [2.45, 2.75) is 6.92 Å². The van der Waals surface area contributed by atoms with E-state index in [9.17, 15) is 13.2 Å². The lowest BCUT2D eigenvalue weighted by atomic mass is 10.3. The topological polar surface area (TPSA) is 88.6 Å². The Morgan fingerprint density at radius 1 is 1.38 bits per heavy atom. The smallest absolute Gasteiger partial charge is 0.240 e. The summed E-state index contributed by atoms with van der Waals surface area (Å²) in [5, 5.41) is 3.32. The van der Waals surface area contributed by atoms with Gasteiger partial charge >= 0.3 is 0 Å². The number of amides is 1. The molecule has 130 valence electrons. The van der Waals surface area contributed by atoms with E-state index >= 15 is 0 Å². The molecule has 7 nitrogen and oxygen atoms in total. The highest BCUT2D eigenvalue weighted by Gasteiger charge is 2.23. The Hall–Kier alpha value is -1.71. The number of thiazole rings is 1.